The summed E-state index contributed by atoms with van der Waals surface area (Å²) in [5.41, 5.74) is 13.6. The van der Waals surface area contributed by atoms with Crippen molar-refractivity contribution in [2.45, 2.75) is 10.1 Å². The van der Waals surface area contributed by atoms with Crippen LogP contribution in [0.15, 0.2) is 83.8 Å². The molecule has 0 radical (unpaired) electrons. The van der Waals surface area contributed by atoms with E-state index < -0.39 is 11.2 Å². The third-order valence-corrected chi connectivity index (χ3v) is 5.22. The highest BCUT2D eigenvalue weighted by Gasteiger charge is 2.24. The normalized spacial score (nSPS) is 11.7. The van der Waals surface area contributed by atoms with Crippen molar-refractivity contribution in [2.24, 2.45) is 5.73 Å². The lowest BCUT2D eigenvalue weighted by atomic mass is 9.97. The predicted octanol–water partition coefficient (Wildman–Crippen LogP) is 3.82. The van der Waals surface area contributed by atoms with E-state index in [-0.39, 0.29) is 11.5 Å². The van der Waals surface area contributed by atoms with Crippen LogP contribution in [0.3, 0.4) is 0 Å². The minimum absolute atomic E-state index is 0.183. The Kier molecular flexibility index (Phi) is 5.39. The molecular weight excluding hydrogens is 344 g/mol. The van der Waals surface area contributed by atoms with Gasteiger partial charge in [0.25, 0.3) is 0 Å². The summed E-state index contributed by atoms with van der Waals surface area (Å²) in [4.78, 5) is 25.7. The lowest BCUT2D eigenvalue weighted by Gasteiger charge is -2.17. The Bertz CT molecular complexity index is 927. The molecule has 130 valence electrons. The average Bonchev–Trinajstić information content (AvgIpc) is 2.67. The van der Waals surface area contributed by atoms with Crippen LogP contribution in [-0.2, 0) is 4.79 Å². The Morgan fingerprint density at radius 3 is 2.04 bits per heavy atom. The second-order valence-electron chi connectivity index (χ2n) is 5.72. The Balaban J connectivity index is 1.99. The summed E-state index contributed by atoms with van der Waals surface area (Å²) in [6.45, 7) is 0. The first-order valence-corrected chi connectivity index (χ1v) is 8.95. The van der Waals surface area contributed by atoms with Gasteiger partial charge in [-0.25, -0.2) is 0 Å². The number of ketones is 1. The monoisotopic (exact) mass is 362 g/mol. The largest absolute Gasteiger partial charge is 0.398 e. The quantitative estimate of drug-likeness (QED) is 0.396. The van der Waals surface area contributed by atoms with Crippen molar-refractivity contribution in [1.29, 1.82) is 0 Å². The summed E-state index contributed by atoms with van der Waals surface area (Å²) < 4.78 is 0. The van der Waals surface area contributed by atoms with Crippen LogP contribution in [0.1, 0.15) is 26.7 Å². The van der Waals surface area contributed by atoms with Crippen LogP contribution < -0.4 is 11.5 Å². The van der Waals surface area contributed by atoms with E-state index in [9.17, 15) is 9.59 Å². The predicted molar refractivity (Wildman–Crippen MR) is 105 cm³/mol. The van der Waals surface area contributed by atoms with Crippen molar-refractivity contribution >= 4 is 29.1 Å². The summed E-state index contributed by atoms with van der Waals surface area (Å²) in [6, 6.07) is 23.5. The third kappa shape index (κ3) is 3.78. The van der Waals surface area contributed by atoms with Gasteiger partial charge in [0.15, 0.2) is 5.78 Å². The summed E-state index contributed by atoms with van der Waals surface area (Å²) in [7, 11) is 0. The first-order chi connectivity index (χ1) is 12.6. The number of para-hydroxylation sites is 1. The lowest BCUT2D eigenvalue weighted by molar-refractivity contribution is -0.117. The fourth-order valence-corrected chi connectivity index (χ4v) is 3.70. The van der Waals surface area contributed by atoms with E-state index in [0.717, 1.165) is 4.90 Å². The molecule has 5 heteroatoms. The number of amides is 1. The number of nitrogen functional groups attached to an aromatic ring is 1. The number of nitrogens with two attached hydrogens (primary N) is 2. The molecule has 4 N–H and O–H groups in total. The van der Waals surface area contributed by atoms with E-state index >= 15 is 0 Å². The maximum absolute atomic E-state index is 12.8. The third-order valence-electron chi connectivity index (χ3n) is 3.96. The Hall–Kier alpha value is -3.05. The van der Waals surface area contributed by atoms with Gasteiger partial charge < -0.3 is 11.5 Å². The molecule has 0 saturated carbocycles. The van der Waals surface area contributed by atoms with Crippen LogP contribution in [-0.4, -0.2) is 11.7 Å². The van der Waals surface area contributed by atoms with Gasteiger partial charge in [-0.2, -0.15) is 0 Å². The lowest BCUT2D eigenvalue weighted by Crippen LogP contribution is -2.21. The fourth-order valence-electron chi connectivity index (χ4n) is 2.66. The molecule has 1 atom stereocenters. The molecule has 1 amide bonds. The number of hydrogen-bond acceptors (Lipinski definition) is 4. The van der Waals surface area contributed by atoms with Gasteiger partial charge in [0, 0.05) is 21.7 Å². The second-order valence-corrected chi connectivity index (χ2v) is 6.90. The highest BCUT2D eigenvalue weighted by molar-refractivity contribution is 8.00. The minimum Gasteiger partial charge on any atom is -0.398 e. The summed E-state index contributed by atoms with van der Waals surface area (Å²) in [5.74, 6) is -0.687. The van der Waals surface area contributed by atoms with Crippen molar-refractivity contribution in [3.63, 3.8) is 0 Å². The smallest absolute Gasteiger partial charge is 0.235 e. The SMILES string of the molecule is NC(=O)[C@H](Sc1ccccc1)c1cccc(C(=O)c2ccccc2)c1N. The van der Waals surface area contributed by atoms with E-state index in [2.05, 4.69) is 0 Å². The van der Waals surface area contributed by atoms with Crippen molar-refractivity contribution in [3.05, 3.63) is 95.6 Å². The van der Waals surface area contributed by atoms with Gasteiger partial charge in [0.2, 0.25) is 5.91 Å². The molecule has 0 aliphatic heterocycles. The molecule has 0 heterocycles. The van der Waals surface area contributed by atoms with E-state index in [1.165, 1.54) is 11.8 Å². The first kappa shape index (κ1) is 17.8. The number of rotatable bonds is 6. The Morgan fingerprint density at radius 2 is 1.42 bits per heavy atom. The fraction of sp³-hybridized carbons (Fsp3) is 0.0476. The number of hydrogen-bond donors (Lipinski definition) is 2. The van der Waals surface area contributed by atoms with Crippen LogP contribution in [0.5, 0.6) is 0 Å². The van der Waals surface area contributed by atoms with Crippen molar-refractivity contribution in [3.8, 4) is 0 Å². The van der Waals surface area contributed by atoms with Gasteiger partial charge in [-0.05, 0) is 23.8 Å². The zero-order valence-corrected chi connectivity index (χ0v) is 14.8. The van der Waals surface area contributed by atoms with Crippen LogP contribution in [0.4, 0.5) is 5.69 Å². The zero-order chi connectivity index (χ0) is 18.5. The van der Waals surface area contributed by atoms with E-state index in [4.69, 9.17) is 11.5 Å². The summed E-state index contributed by atoms with van der Waals surface area (Å²) in [6.07, 6.45) is 0. The average molecular weight is 362 g/mol. The number of carbonyl (C=O) groups is 2. The van der Waals surface area contributed by atoms with Gasteiger partial charge in [0.05, 0.1) is 0 Å². The maximum atomic E-state index is 12.8. The van der Waals surface area contributed by atoms with Gasteiger partial charge in [0.1, 0.15) is 5.25 Å². The van der Waals surface area contributed by atoms with Gasteiger partial charge in [-0.1, -0.05) is 60.7 Å². The highest BCUT2D eigenvalue weighted by atomic mass is 32.2. The van der Waals surface area contributed by atoms with Crippen LogP contribution in [0.2, 0.25) is 0 Å². The molecule has 26 heavy (non-hydrogen) atoms. The molecule has 0 saturated heterocycles. The molecule has 0 spiro atoms. The molecule has 3 aromatic rings. The number of carbonyl (C=O) groups excluding carboxylic acids is 2. The molecule has 0 unspecified atom stereocenters. The molecular formula is C21H18N2O2S. The van der Waals surface area contributed by atoms with E-state index in [1.807, 2.05) is 36.4 Å². The highest BCUT2D eigenvalue weighted by Crippen LogP contribution is 2.38. The number of thioether (sulfide) groups is 1. The molecule has 0 aromatic heterocycles. The molecule has 0 fully saturated rings. The molecule has 0 bridgehead atoms. The van der Waals surface area contributed by atoms with Crippen LogP contribution in [0, 0.1) is 0 Å². The molecule has 3 rings (SSSR count). The minimum atomic E-state index is -0.680. The topological polar surface area (TPSA) is 86.2 Å². The van der Waals surface area contributed by atoms with Crippen molar-refractivity contribution in [2.75, 3.05) is 5.73 Å². The molecule has 3 aromatic carbocycles. The number of benzene rings is 3. The van der Waals surface area contributed by atoms with Crippen molar-refractivity contribution < 1.29 is 9.59 Å². The Labute approximate surface area is 156 Å². The maximum Gasteiger partial charge on any atom is 0.235 e. The standard InChI is InChI=1S/C21H18N2O2S/c22-18-16(19(24)14-8-3-1-4-9-14)12-7-13-17(18)20(21(23)25)26-15-10-5-2-6-11-15/h1-13,20H,22H2,(H2,23,25)/t20-/m1/s1. The first-order valence-electron chi connectivity index (χ1n) is 8.07. The summed E-state index contributed by atoms with van der Waals surface area (Å²) in [5, 5.41) is -0.680. The van der Waals surface area contributed by atoms with Gasteiger partial charge in [-0.15, -0.1) is 11.8 Å². The van der Waals surface area contributed by atoms with E-state index in [1.54, 1.807) is 42.5 Å². The molecule has 4 nitrogen and oxygen atoms in total. The second kappa shape index (κ2) is 7.89. The number of primary amides is 1. The van der Waals surface area contributed by atoms with Gasteiger partial charge >= 0.3 is 0 Å². The number of anilines is 1. The van der Waals surface area contributed by atoms with Gasteiger partial charge in [-0.3, -0.25) is 9.59 Å². The van der Waals surface area contributed by atoms with E-state index in [0.29, 0.717) is 16.7 Å². The van der Waals surface area contributed by atoms with Crippen LogP contribution in [0.25, 0.3) is 0 Å². The van der Waals surface area contributed by atoms with Crippen molar-refractivity contribution in [1.82, 2.24) is 0 Å². The Morgan fingerprint density at radius 1 is 0.808 bits per heavy atom. The molecule has 0 aliphatic carbocycles. The summed E-state index contributed by atoms with van der Waals surface area (Å²) >= 11 is 1.31. The van der Waals surface area contributed by atoms with Crippen LogP contribution >= 0.6 is 11.8 Å². The zero-order valence-electron chi connectivity index (χ0n) is 14.0. The molecule has 0 aliphatic rings.